The number of H-pyrrole nitrogens is 1. The maximum absolute atomic E-state index is 12.9. The van der Waals surface area contributed by atoms with Crippen LogP contribution in [0.5, 0.6) is 0 Å². The molecule has 2 aliphatic rings. The maximum atomic E-state index is 12.9. The van der Waals surface area contributed by atoms with Crippen molar-refractivity contribution in [2.45, 2.75) is 31.7 Å². The van der Waals surface area contributed by atoms with Gasteiger partial charge >= 0.3 is 0 Å². The largest absolute Gasteiger partial charge is 0.361 e. The normalized spacial score (nSPS) is 21.3. The number of aryl methyl sites for hydroxylation is 1. The number of fused-ring (bicyclic) bond motifs is 5. The lowest BCUT2D eigenvalue weighted by Crippen LogP contribution is -2.49. The van der Waals surface area contributed by atoms with Crippen molar-refractivity contribution >= 4 is 16.8 Å². The molecule has 5 heteroatoms. The smallest absolute Gasteiger partial charge is 0.250 e. The van der Waals surface area contributed by atoms with Crippen molar-refractivity contribution in [2.75, 3.05) is 13.1 Å². The van der Waals surface area contributed by atoms with Gasteiger partial charge in [0.1, 0.15) is 0 Å². The Labute approximate surface area is 157 Å². The Hall–Kier alpha value is -2.82. The molecule has 2 aliphatic heterocycles. The standard InChI is InChI=1S/C22H23N3O2/c26-21(9-8-16-11-23-19-5-2-1-4-18(16)19)24-12-15-10-17(14-24)20-6-3-7-22(27)25(20)13-15/h1-7,11,15,17,23H,8-10,12-14H2. The van der Waals surface area contributed by atoms with E-state index >= 15 is 0 Å². The van der Waals surface area contributed by atoms with Gasteiger partial charge in [0.05, 0.1) is 0 Å². The van der Waals surface area contributed by atoms with Crippen LogP contribution in [0.2, 0.25) is 0 Å². The Morgan fingerprint density at radius 3 is 2.89 bits per heavy atom. The maximum Gasteiger partial charge on any atom is 0.250 e. The van der Waals surface area contributed by atoms with Crippen molar-refractivity contribution in [1.82, 2.24) is 14.5 Å². The highest BCUT2D eigenvalue weighted by molar-refractivity contribution is 5.84. The third-order valence-corrected chi connectivity index (χ3v) is 6.12. The lowest BCUT2D eigenvalue weighted by atomic mass is 9.83. The summed E-state index contributed by atoms with van der Waals surface area (Å²) in [5.74, 6) is 0.888. The number of benzene rings is 1. The van der Waals surface area contributed by atoms with E-state index in [-0.39, 0.29) is 17.4 Å². The Bertz CT molecular complexity index is 1060. The summed E-state index contributed by atoms with van der Waals surface area (Å²) in [6.45, 7) is 2.23. The fraction of sp³-hybridized carbons (Fsp3) is 0.364. The van der Waals surface area contributed by atoms with Gasteiger partial charge in [-0.15, -0.1) is 0 Å². The van der Waals surface area contributed by atoms with E-state index in [1.54, 1.807) is 6.07 Å². The van der Waals surface area contributed by atoms with Gasteiger partial charge in [0, 0.05) is 60.8 Å². The second-order valence-electron chi connectivity index (χ2n) is 7.86. The zero-order valence-electron chi connectivity index (χ0n) is 15.2. The molecule has 2 aromatic heterocycles. The molecule has 5 nitrogen and oxygen atoms in total. The Morgan fingerprint density at radius 2 is 1.96 bits per heavy atom. The minimum atomic E-state index is 0.0845. The van der Waals surface area contributed by atoms with Gasteiger partial charge in [-0.25, -0.2) is 0 Å². The molecule has 1 saturated heterocycles. The molecule has 2 unspecified atom stereocenters. The molecule has 0 spiro atoms. The number of carbonyl (C=O) groups is 1. The Morgan fingerprint density at radius 1 is 1.07 bits per heavy atom. The van der Waals surface area contributed by atoms with E-state index in [0.29, 0.717) is 12.3 Å². The van der Waals surface area contributed by atoms with Crippen LogP contribution < -0.4 is 5.56 Å². The number of aromatic amines is 1. The van der Waals surface area contributed by atoms with Crippen LogP contribution in [-0.4, -0.2) is 33.4 Å². The average molecular weight is 361 g/mol. The van der Waals surface area contributed by atoms with E-state index in [9.17, 15) is 9.59 Å². The third kappa shape index (κ3) is 2.87. The van der Waals surface area contributed by atoms with E-state index in [1.165, 1.54) is 10.9 Å². The van der Waals surface area contributed by atoms with E-state index in [2.05, 4.69) is 17.1 Å². The number of piperidine rings is 1. The van der Waals surface area contributed by atoms with Crippen LogP contribution in [0, 0.1) is 5.92 Å². The summed E-state index contributed by atoms with van der Waals surface area (Å²) in [7, 11) is 0. The van der Waals surface area contributed by atoms with Gasteiger partial charge in [-0.1, -0.05) is 24.3 Å². The molecule has 0 aliphatic carbocycles. The minimum Gasteiger partial charge on any atom is -0.361 e. The number of nitrogens with one attached hydrogen (secondary N) is 1. The van der Waals surface area contributed by atoms with Crippen molar-refractivity contribution in [1.29, 1.82) is 0 Å². The molecule has 1 amide bonds. The number of hydrogen-bond donors (Lipinski definition) is 1. The van der Waals surface area contributed by atoms with Crippen LogP contribution in [0.25, 0.3) is 10.9 Å². The first kappa shape index (κ1) is 16.4. The molecular formula is C22H23N3O2. The van der Waals surface area contributed by atoms with Crippen molar-refractivity contribution < 1.29 is 4.79 Å². The van der Waals surface area contributed by atoms with Gasteiger partial charge in [-0.3, -0.25) is 9.59 Å². The monoisotopic (exact) mass is 361 g/mol. The fourth-order valence-electron chi connectivity index (χ4n) is 4.84. The van der Waals surface area contributed by atoms with Crippen molar-refractivity contribution in [2.24, 2.45) is 5.92 Å². The molecule has 138 valence electrons. The van der Waals surface area contributed by atoms with Crippen LogP contribution in [0.3, 0.4) is 0 Å². The minimum absolute atomic E-state index is 0.0845. The highest BCUT2D eigenvalue weighted by atomic mass is 16.2. The van der Waals surface area contributed by atoms with Gasteiger partial charge in [0.15, 0.2) is 0 Å². The van der Waals surface area contributed by atoms with Crippen LogP contribution in [0.4, 0.5) is 0 Å². The summed E-state index contributed by atoms with van der Waals surface area (Å²) in [5.41, 5.74) is 3.50. The van der Waals surface area contributed by atoms with Gasteiger partial charge in [-0.05, 0) is 36.5 Å². The van der Waals surface area contributed by atoms with Crippen molar-refractivity contribution in [3.8, 4) is 0 Å². The zero-order chi connectivity index (χ0) is 18.4. The number of amides is 1. The number of carbonyl (C=O) groups excluding carboxylic acids is 1. The predicted octanol–water partition coefficient (Wildman–Crippen LogP) is 2.91. The van der Waals surface area contributed by atoms with E-state index < -0.39 is 0 Å². The zero-order valence-corrected chi connectivity index (χ0v) is 15.2. The van der Waals surface area contributed by atoms with Crippen molar-refractivity contribution in [3.05, 3.63) is 70.3 Å². The second kappa shape index (κ2) is 6.41. The summed E-state index contributed by atoms with van der Waals surface area (Å²) in [6.07, 6.45) is 4.38. The first-order chi connectivity index (χ1) is 13.2. The molecule has 2 atom stereocenters. The fourth-order valence-corrected chi connectivity index (χ4v) is 4.84. The SMILES string of the molecule is O=C(CCc1c[nH]c2ccccc12)N1CC2CC(C1)c1cccc(=O)n1C2. The quantitative estimate of drug-likeness (QED) is 0.780. The van der Waals surface area contributed by atoms with Crippen LogP contribution in [0.1, 0.15) is 30.0 Å². The van der Waals surface area contributed by atoms with Crippen LogP contribution >= 0.6 is 0 Å². The van der Waals surface area contributed by atoms with E-state index in [0.717, 1.165) is 43.7 Å². The van der Waals surface area contributed by atoms with Gasteiger partial charge in [0.25, 0.3) is 5.56 Å². The Kier molecular flexibility index (Phi) is 3.88. The molecule has 4 heterocycles. The molecule has 5 rings (SSSR count). The number of aromatic nitrogens is 2. The number of rotatable bonds is 3. The first-order valence-corrected chi connectivity index (χ1v) is 9.71. The van der Waals surface area contributed by atoms with E-state index in [4.69, 9.17) is 0 Å². The molecule has 1 N–H and O–H groups in total. The highest BCUT2D eigenvalue weighted by Gasteiger charge is 2.35. The lowest BCUT2D eigenvalue weighted by molar-refractivity contribution is -0.133. The molecule has 3 aromatic rings. The lowest BCUT2D eigenvalue weighted by Gasteiger charge is -2.42. The van der Waals surface area contributed by atoms with Gasteiger partial charge in [-0.2, -0.15) is 0 Å². The number of likely N-dealkylation sites (tertiary alicyclic amines) is 1. The molecule has 1 fully saturated rings. The van der Waals surface area contributed by atoms with Gasteiger partial charge in [0.2, 0.25) is 5.91 Å². The van der Waals surface area contributed by atoms with Crippen LogP contribution in [0.15, 0.2) is 53.5 Å². The van der Waals surface area contributed by atoms with Crippen LogP contribution in [-0.2, 0) is 17.8 Å². The Balaban J connectivity index is 1.30. The summed E-state index contributed by atoms with van der Waals surface area (Å²) in [6, 6.07) is 13.7. The number of para-hydroxylation sites is 1. The molecule has 27 heavy (non-hydrogen) atoms. The molecule has 1 aromatic carbocycles. The summed E-state index contributed by atoms with van der Waals surface area (Å²) in [4.78, 5) is 30.3. The molecule has 0 radical (unpaired) electrons. The van der Waals surface area contributed by atoms with Gasteiger partial charge < -0.3 is 14.5 Å². The highest BCUT2D eigenvalue weighted by Crippen LogP contribution is 2.35. The molecule has 2 bridgehead atoms. The predicted molar refractivity (Wildman–Crippen MR) is 105 cm³/mol. The number of pyridine rings is 1. The second-order valence-corrected chi connectivity index (χ2v) is 7.86. The number of hydrogen-bond acceptors (Lipinski definition) is 2. The third-order valence-electron chi connectivity index (χ3n) is 6.12. The molecule has 0 saturated carbocycles. The topological polar surface area (TPSA) is 58.1 Å². The number of nitrogens with zero attached hydrogens (tertiary/aromatic N) is 2. The summed E-state index contributed by atoms with van der Waals surface area (Å²) in [5, 5.41) is 1.20. The molecular weight excluding hydrogens is 338 g/mol. The van der Waals surface area contributed by atoms with E-state index in [1.807, 2.05) is 39.9 Å². The summed E-state index contributed by atoms with van der Waals surface area (Å²) < 4.78 is 1.91. The first-order valence-electron chi connectivity index (χ1n) is 9.71. The van der Waals surface area contributed by atoms with Crippen molar-refractivity contribution in [3.63, 3.8) is 0 Å². The average Bonchev–Trinajstić information content (AvgIpc) is 3.10. The summed E-state index contributed by atoms with van der Waals surface area (Å²) >= 11 is 0.